The highest BCUT2D eigenvalue weighted by molar-refractivity contribution is 5.67. The molecule has 1 aromatic carbocycles. The number of benzene rings is 1. The van der Waals surface area contributed by atoms with Crippen LogP contribution in [-0.4, -0.2) is 106 Å². The van der Waals surface area contributed by atoms with E-state index in [4.69, 9.17) is 25.5 Å². The third-order valence-corrected chi connectivity index (χ3v) is 9.67. The number of hydrogen-bond donors (Lipinski definition) is 4. The van der Waals surface area contributed by atoms with E-state index in [2.05, 4.69) is 41.6 Å². The summed E-state index contributed by atoms with van der Waals surface area (Å²) >= 11 is 0. The van der Waals surface area contributed by atoms with E-state index in [0.717, 1.165) is 45.2 Å². The van der Waals surface area contributed by atoms with Gasteiger partial charge in [-0.1, -0.05) is 6.07 Å². The summed E-state index contributed by atoms with van der Waals surface area (Å²) in [5.41, 5.74) is 4.46. The second-order valence-electron chi connectivity index (χ2n) is 13.3. The highest BCUT2D eigenvalue weighted by atomic mass is 19.3. The zero-order valence-electron chi connectivity index (χ0n) is 28.8. The summed E-state index contributed by atoms with van der Waals surface area (Å²) in [6.45, 7) is 2.00. The van der Waals surface area contributed by atoms with Gasteiger partial charge in [0.05, 0.1) is 43.9 Å². The van der Waals surface area contributed by atoms with Crippen LogP contribution in [0.15, 0.2) is 36.8 Å². The fourth-order valence-electron chi connectivity index (χ4n) is 7.29. The van der Waals surface area contributed by atoms with E-state index in [1.807, 2.05) is 4.68 Å². The lowest BCUT2D eigenvalue weighted by Gasteiger charge is -2.43. The molecule has 1 saturated carbocycles. The molecule has 4 heterocycles. The van der Waals surface area contributed by atoms with E-state index in [1.54, 1.807) is 43.7 Å². The van der Waals surface area contributed by atoms with Gasteiger partial charge >= 0.3 is 5.92 Å². The van der Waals surface area contributed by atoms with Crippen LogP contribution in [0.1, 0.15) is 57.1 Å². The second-order valence-corrected chi connectivity index (χ2v) is 13.3. The minimum Gasteiger partial charge on any atom is -0.487 e. The maximum atomic E-state index is 14.4. The van der Waals surface area contributed by atoms with Crippen molar-refractivity contribution in [1.82, 2.24) is 35.2 Å². The van der Waals surface area contributed by atoms with Crippen molar-refractivity contribution in [2.75, 3.05) is 45.4 Å². The number of halogens is 2. The highest BCUT2D eigenvalue weighted by Gasteiger charge is 2.42. The van der Waals surface area contributed by atoms with Gasteiger partial charge in [-0.25, -0.2) is 18.7 Å². The summed E-state index contributed by atoms with van der Waals surface area (Å²) in [7, 11) is 1.22. The number of nitrogens with zero attached hydrogens (tertiary/aromatic N) is 7. The summed E-state index contributed by atoms with van der Waals surface area (Å²) in [5, 5.41) is 26.1. The first-order chi connectivity index (χ1) is 24.7. The third-order valence-electron chi connectivity index (χ3n) is 9.67. The average molecular weight is 710 g/mol. The van der Waals surface area contributed by atoms with Crippen molar-refractivity contribution in [1.29, 1.82) is 10.7 Å². The van der Waals surface area contributed by atoms with Gasteiger partial charge in [-0.3, -0.25) is 25.8 Å². The molecule has 2 bridgehead atoms. The zero-order chi connectivity index (χ0) is 36.0. The Balaban J connectivity index is 1.16. The van der Waals surface area contributed by atoms with Crippen LogP contribution < -0.4 is 26.2 Å². The molecule has 5 N–H and O–H groups in total. The summed E-state index contributed by atoms with van der Waals surface area (Å²) in [6, 6.07) is 8.89. The average Bonchev–Trinajstić information content (AvgIpc) is 3.65. The Morgan fingerprint density at radius 2 is 1.78 bits per heavy atom. The summed E-state index contributed by atoms with van der Waals surface area (Å²) in [6.07, 6.45) is 11.9. The standard InChI is InChI=1S/C34H45F2N11O4/c1-22(15-45(21-38)44-39)51-31-11-23(3-4-24(31)12-37)25-13-40-33(41-14-25)42-30-16-46(43-32(30)50-20-34(35,36)19-48-2)26-5-7-27(8-6-26)47-28-9-10-29(47)18-49-17-28/h3-4,11,13-14,16,21-22,26-29,38,44H,5-10,15,17-20,39H2,1-2H3,(H,40,41,42)/t22-,26-,27-,28-,29+/m0/s1. The Morgan fingerprint density at radius 1 is 1.10 bits per heavy atom. The molecule has 3 aromatic rings. The van der Waals surface area contributed by atoms with Crippen molar-refractivity contribution in [3.05, 3.63) is 42.4 Å². The molecule has 3 atom stereocenters. The maximum Gasteiger partial charge on any atom is 0.304 e. The van der Waals surface area contributed by atoms with Gasteiger partial charge in [0.1, 0.15) is 30.2 Å². The Morgan fingerprint density at radius 3 is 2.43 bits per heavy atom. The van der Waals surface area contributed by atoms with Crippen molar-refractivity contribution in [3.63, 3.8) is 0 Å². The Kier molecular flexibility index (Phi) is 11.6. The van der Waals surface area contributed by atoms with Gasteiger partial charge in [0, 0.05) is 43.2 Å². The smallest absolute Gasteiger partial charge is 0.304 e. The Bertz CT molecular complexity index is 1650. The number of anilines is 2. The molecule has 3 aliphatic rings. The van der Waals surface area contributed by atoms with Crippen molar-refractivity contribution < 1.29 is 27.7 Å². The topological polar surface area (TPSA) is 185 Å². The fourth-order valence-corrected chi connectivity index (χ4v) is 7.29. The normalized spacial score (nSPS) is 22.6. The zero-order valence-corrected chi connectivity index (χ0v) is 28.8. The lowest BCUT2D eigenvalue weighted by Crippen LogP contribution is -2.52. The number of hydrazine groups is 2. The number of alkyl halides is 2. The summed E-state index contributed by atoms with van der Waals surface area (Å²) < 4.78 is 52.6. The molecule has 0 spiro atoms. The predicted octanol–water partition coefficient (Wildman–Crippen LogP) is 4.02. The molecule has 0 amide bonds. The minimum absolute atomic E-state index is 0.0289. The molecule has 51 heavy (non-hydrogen) atoms. The van der Waals surface area contributed by atoms with Crippen molar-refractivity contribution in [2.45, 2.75) is 81.6 Å². The first-order valence-corrected chi connectivity index (χ1v) is 17.2. The number of nitriles is 1. The number of fused-ring (bicyclic) bond motifs is 2. The minimum atomic E-state index is -3.20. The van der Waals surface area contributed by atoms with Crippen LogP contribution in [0.5, 0.6) is 11.6 Å². The number of nitrogens with two attached hydrogens (primary N) is 1. The molecule has 6 rings (SSSR count). The number of morpholine rings is 1. The van der Waals surface area contributed by atoms with Crippen LogP contribution in [0.2, 0.25) is 0 Å². The van der Waals surface area contributed by atoms with Gasteiger partial charge < -0.3 is 24.3 Å². The SMILES string of the molecule is COCC(F)(F)COc1nn([C@H]2CC[C@H](N3[C@@H]4CC[C@H]3COC4)CC2)cc1Nc1ncc(-c2ccc(C#N)c(O[C@@H](C)CN(C=N)NN)c2)cn1. The van der Waals surface area contributed by atoms with E-state index >= 15 is 0 Å². The van der Waals surface area contributed by atoms with Gasteiger partial charge in [-0.05, 0) is 63.1 Å². The van der Waals surface area contributed by atoms with E-state index in [-0.39, 0.29) is 24.4 Å². The van der Waals surface area contributed by atoms with Crippen LogP contribution in [0.3, 0.4) is 0 Å². The van der Waals surface area contributed by atoms with Crippen LogP contribution >= 0.6 is 0 Å². The summed E-state index contributed by atoms with van der Waals surface area (Å²) in [4.78, 5) is 11.6. The Hall–Kier alpha value is -4.47. The first-order valence-electron chi connectivity index (χ1n) is 17.2. The van der Waals surface area contributed by atoms with Crippen LogP contribution in [0.25, 0.3) is 11.1 Å². The molecule has 2 aliphatic heterocycles. The number of nitrogens with one attached hydrogen (secondary N) is 3. The molecule has 2 saturated heterocycles. The van der Waals surface area contributed by atoms with E-state index in [9.17, 15) is 14.0 Å². The molecule has 17 heteroatoms. The number of hydrogen-bond acceptors (Lipinski definition) is 13. The predicted molar refractivity (Wildman–Crippen MR) is 184 cm³/mol. The largest absolute Gasteiger partial charge is 0.487 e. The van der Waals surface area contributed by atoms with E-state index in [0.29, 0.717) is 46.3 Å². The monoisotopic (exact) mass is 709 g/mol. The molecular formula is C34H45F2N11O4. The molecule has 3 fully saturated rings. The highest BCUT2D eigenvalue weighted by Crippen LogP contribution is 2.40. The number of methoxy groups -OCH3 is 1. The molecular weight excluding hydrogens is 664 g/mol. The fraction of sp³-hybridized carbons (Fsp3) is 0.559. The quantitative estimate of drug-likeness (QED) is 0.0725. The number of ether oxygens (including phenoxy) is 4. The molecule has 274 valence electrons. The third kappa shape index (κ3) is 8.71. The van der Waals surface area contributed by atoms with Crippen LogP contribution in [-0.2, 0) is 9.47 Å². The molecule has 1 aliphatic carbocycles. The number of aromatic nitrogens is 4. The molecule has 0 unspecified atom stereocenters. The van der Waals surface area contributed by atoms with Gasteiger partial charge in [-0.15, -0.1) is 5.10 Å². The van der Waals surface area contributed by atoms with Gasteiger partial charge in [0.2, 0.25) is 5.95 Å². The molecule has 0 radical (unpaired) electrons. The first kappa shape index (κ1) is 36.3. The van der Waals surface area contributed by atoms with E-state index < -0.39 is 25.2 Å². The lowest BCUT2D eigenvalue weighted by molar-refractivity contribution is -0.0917. The Labute approximate surface area is 295 Å². The van der Waals surface area contributed by atoms with Gasteiger partial charge in [0.25, 0.3) is 5.88 Å². The van der Waals surface area contributed by atoms with Crippen LogP contribution in [0, 0.1) is 16.7 Å². The van der Waals surface area contributed by atoms with E-state index in [1.165, 1.54) is 25.0 Å². The lowest BCUT2D eigenvalue weighted by atomic mass is 9.89. The van der Waals surface area contributed by atoms with Crippen LogP contribution in [0.4, 0.5) is 20.4 Å². The van der Waals surface area contributed by atoms with Gasteiger partial charge in [0.15, 0.2) is 6.61 Å². The second kappa shape index (κ2) is 16.3. The maximum absolute atomic E-state index is 14.4. The van der Waals surface area contributed by atoms with Crippen molar-refractivity contribution in [2.24, 2.45) is 5.84 Å². The van der Waals surface area contributed by atoms with Crippen molar-refractivity contribution in [3.8, 4) is 28.8 Å². The molecule has 2 aromatic heterocycles. The van der Waals surface area contributed by atoms with Gasteiger partial charge in [-0.2, -0.15) is 10.8 Å². The number of rotatable bonds is 16. The molecule has 15 nitrogen and oxygen atoms in total. The van der Waals surface area contributed by atoms with Crippen molar-refractivity contribution >= 4 is 18.0 Å². The summed E-state index contributed by atoms with van der Waals surface area (Å²) in [5.74, 6) is 2.82.